The topological polar surface area (TPSA) is 55.3 Å². The van der Waals surface area contributed by atoms with E-state index in [1.54, 1.807) is 12.4 Å². The largest absolute Gasteiger partial charge is 0.437 e. The van der Waals surface area contributed by atoms with E-state index in [2.05, 4.69) is 9.97 Å². The Balaban J connectivity index is 1.65. The van der Waals surface area contributed by atoms with Crippen LogP contribution in [-0.2, 0) is 4.79 Å². The van der Waals surface area contributed by atoms with E-state index in [-0.39, 0.29) is 5.91 Å². The summed E-state index contributed by atoms with van der Waals surface area (Å²) >= 11 is 0. The van der Waals surface area contributed by atoms with Crippen LogP contribution in [0, 0.1) is 0 Å². The third-order valence-electron chi connectivity index (χ3n) is 4.17. The van der Waals surface area contributed by atoms with E-state index in [1.165, 1.54) is 0 Å². The van der Waals surface area contributed by atoms with Gasteiger partial charge in [0.2, 0.25) is 11.8 Å². The lowest BCUT2D eigenvalue weighted by Crippen LogP contribution is -2.37. The second kappa shape index (κ2) is 7.22. The first-order valence-corrected chi connectivity index (χ1v) is 8.09. The minimum atomic E-state index is 0.232. The van der Waals surface area contributed by atoms with Gasteiger partial charge in [-0.25, -0.2) is 4.98 Å². The van der Waals surface area contributed by atoms with Crippen molar-refractivity contribution < 1.29 is 9.53 Å². The molecule has 5 heteroatoms. The number of amides is 1. The van der Waals surface area contributed by atoms with Gasteiger partial charge in [-0.05, 0) is 25.0 Å². The number of nitrogens with zero attached hydrogens (tertiary/aromatic N) is 3. The zero-order chi connectivity index (χ0) is 16.1. The molecule has 120 valence electrons. The minimum Gasteiger partial charge on any atom is -0.437 e. The molecule has 1 aromatic carbocycles. The highest BCUT2D eigenvalue weighted by molar-refractivity contribution is 5.75. The molecular formula is C18H21N3O2. The summed E-state index contributed by atoms with van der Waals surface area (Å²) in [5.41, 5.74) is 0.946. The van der Waals surface area contributed by atoms with Crippen molar-refractivity contribution in [2.24, 2.45) is 0 Å². The highest BCUT2D eigenvalue weighted by atomic mass is 16.5. The van der Waals surface area contributed by atoms with E-state index in [4.69, 9.17) is 4.74 Å². The lowest BCUT2D eigenvalue weighted by atomic mass is 9.93. The molecule has 1 aliphatic rings. The monoisotopic (exact) mass is 311 g/mol. The molecule has 1 aliphatic heterocycles. The number of carbonyl (C=O) groups excluding carboxylic acids is 1. The Hall–Kier alpha value is -2.43. The van der Waals surface area contributed by atoms with E-state index < -0.39 is 0 Å². The van der Waals surface area contributed by atoms with Crippen molar-refractivity contribution in [3.8, 4) is 11.6 Å². The fourth-order valence-corrected chi connectivity index (χ4v) is 2.87. The van der Waals surface area contributed by atoms with Gasteiger partial charge in [0.1, 0.15) is 5.75 Å². The van der Waals surface area contributed by atoms with Crippen LogP contribution in [0.1, 0.15) is 37.8 Å². The zero-order valence-electron chi connectivity index (χ0n) is 13.3. The number of aromatic nitrogens is 2. The van der Waals surface area contributed by atoms with Gasteiger partial charge in [0, 0.05) is 31.6 Å². The number of hydrogen-bond donors (Lipinski definition) is 0. The van der Waals surface area contributed by atoms with E-state index in [0.717, 1.165) is 37.4 Å². The van der Waals surface area contributed by atoms with Gasteiger partial charge in [-0.2, -0.15) is 0 Å². The number of carbonyl (C=O) groups is 1. The Morgan fingerprint density at radius 2 is 1.96 bits per heavy atom. The van der Waals surface area contributed by atoms with Crippen molar-refractivity contribution in [2.45, 2.75) is 32.1 Å². The van der Waals surface area contributed by atoms with E-state index in [0.29, 0.717) is 18.2 Å². The summed E-state index contributed by atoms with van der Waals surface area (Å²) in [6.07, 6.45) is 5.86. The molecule has 0 saturated carbocycles. The van der Waals surface area contributed by atoms with Crippen molar-refractivity contribution in [1.29, 1.82) is 0 Å². The van der Waals surface area contributed by atoms with E-state index in [9.17, 15) is 4.79 Å². The number of ether oxygens (including phenoxy) is 1. The van der Waals surface area contributed by atoms with Gasteiger partial charge in [0.25, 0.3) is 0 Å². The predicted molar refractivity (Wildman–Crippen MR) is 87.4 cm³/mol. The number of likely N-dealkylation sites (tertiary alicyclic amines) is 1. The molecule has 1 fully saturated rings. The Morgan fingerprint density at radius 1 is 1.22 bits per heavy atom. The van der Waals surface area contributed by atoms with Gasteiger partial charge in [-0.1, -0.05) is 25.1 Å². The first kappa shape index (κ1) is 15.5. The van der Waals surface area contributed by atoms with Crippen molar-refractivity contribution in [3.63, 3.8) is 0 Å². The molecule has 23 heavy (non-hydrogen) atoms. The standard InChI is InChI=1S/C18H21N3O2/c1-2-18(22)21-10-8-14(9-11-21)16-12-19-13-17(20-16)23-15-6-4-3-5-7-15/h3-7,12-14H,2,8-11H2,1H3. The van der Waals surface area contributed by atoms with Crippen LogP contribution < -0.4 is 4.74 Å². The highest BCUT2D eigenvalue weighted by Crippen LogP contribution is 2.28. The maximum atomic E-state index is 11.7. The van der Waals surface area contributed by atoms with Crippen molar-refractivity contribution in [3.05, 3.63) is 48.4 Å². The molecule has 3 rings (SSSR count). The summed E-state index contributed by atoms with van der Waals surface area (Å²) in [5.74, 6) is 1.83. The third kappa shape index (κ3) is 3.86. The smallest absolute Gasteiger partial charge is 0.238 e. The van der Waals surface area contributed by atoms with Gasteiger partial charge >= 0.3 is 0 Å². The van der Waals surface area contributed by atoms with Crippen LogP contribution >= 0.6 is 0 Å². The van der Waals surface area contributed by atoms with Crippen molar-refractivity contribution >= 4 is 5.91 Å². The number of piperidine rings is 1. The SMILES string of the molecule is CCC(=O)N1CCC(c2cncc(Oc3ccccc3)n2)CC1. The number of para-hydroxylation sites is 1. The minimum absolute atomic E-state index is 0.232. The van der Waals surface area contributed by atoms with Gasteiger partial charge in [0.15, 0.2) is 0 Å². The molecule has 0 spiro atoms. The van der Waals surface area contributed by atoms with Crippen LogP contribution in [0.15, 0.2) is 42.7 Å². The average molecular weight is 311 g/mol. The molecule has 1 aromatic heterocycles. The fraction of sp³-hybridized carbons (Fsp3) is 0.389. The Labute approximate surface area is 136 Å². The van der Waals surface area contributed by atoms with Crippen LogP contribution in [0.25, 0.3) is 0 Å². The molecule has 5 nitrogen and oxygen atoms in total. The summed E-state index contributed by atoms with van der Waals surface area (Å²) in [5, 5.41) is 0. The molecule has 1 saturated heterocycles. The van der Waals surface area contributed by atoms with Gasteiger partial charge in [-0.3, -0.25) is 9.78 Å². The Bertz CT molecular complexity index is 652. The highest BCUT2D eigenvalue weighted by Gasteiger charge is 2.24. The fourth-order valence-electron chi connectivity index (χ4n) is 2.87. The Kier molecular flexibility index (Phi) is 4.86. The number of hydrogen-bond acceptors (Lipinski definition) is 4. The molecule has 0 bridgehead atoms. The normalized spacial score (nSPS) is 15.4. The lowest BCUT2D eigenvalue weighted by molar-refractivity contribution is -0.131. The molecule has 1 amide bonds. The van der Waals surface area contributed by atoms with E-state index in [1.807, 2.05) is 42.2 Å². The quantitative estimate of drug-likeness (QED) is 0.868. The van der Waals surface area contributed by atoms with Crippen LogP contribution in [0.2, 0.25) is 0 Å². The molecule has 0 unspecified atom stereocenters. The van der Waals surface area contributed by atoms with Crippen LogP contribution in [0.4, 0.5) is 0 Å². The predicted octanol–water partition coefficient (Wildman–Crippen LogP) is 3.38. The average Bonchev–Trinajstić information content (AvgIpc) is 2.62. The third-order valence-corrected chi connectivity index (χ3v) is 4.17. The summed E-state index contributed by atoms with van der Waals surface area (Å²) in [6, 6.07) is 9.58. The van der Waals surface area contributed by atoms with E-state index >= 15 is 0 Å². The first-order valence-electron chi connectivity index (χ1n) is 8.09. The maximum Gasteiger partial charge on any atom is 0.238 e. The Morgan fingerprint density at radius 3 is 2.65 bits per heavy atom. The number of benzene rings is 1. The lowest BCUT2D eigenvalue weighted by Gasteiger charge is -2.31. The molecule has 0 aliphatic carbocycles. The van der Waals surface area contributed by atoms with Gasteiger partial charge < -0.3 is 9.64 Å². The second-order valence-electron chi connectivity index (χ2n) is 5.71. The summed E-state index contributed by atoms with van der Waals surface area (Å²) < 4.78 is 5.75. The summed E-state index contributed by atoms with van der Waals surface area (Å²) in [7, 11) is 0. The zero-order valence-corrected chi connectivity index (χ0v) is 13.3. The van der Waals surface area contributed by atoms with Crippen molar-refractivity contribution in [2.75, 3.05) is 13.1 Å². The van der Waals surface area contributed by atoms with Crippen molar-refractivity contribution in [1.82, 2.24) is 14.9 Å². The first-order chi connectivity index (χ1) is 11.3. The molecule has 0 radical (unpaired) electrons. The van der Waals surface area contributed by atoms with Gasteiger partial charge in [0.05, 0.1) is 11.9 Å². The van der Waals surface area contributed by atoms with Crippen LogP contribution in [-0.4, -0.2) is 33.9 Å². The number of rotatable bonds is 4. The molecule has 0 atom stereocenters. The molecular weight excluding hydrogens is 290 g/mol. The molecule has 2 heterocycles. The summed E-state index contributed by atoms with van der Waals surface area (Å²) in [4.78, 5) is 22.5. The maximum absolute atomic E-state index is 11.7. The second-order valence-corrected chi connectivity index (χ2v) is 5.71. The summed E-state index contributed by atoms with van der Waals surface area (Å²) in [6.45, 7) is 3.50. The molecule has 2 aromatic rings. The van der Waals surface area contributed by atoms with Crippen LogP contribution in [0.5, 0.6) is 11.6 Å². The van der Waals surface area contributed by atoms with Gasteiger partial charge in [-0.15, -0.1) is 0 Å². The molecule has 0 N–H and O–H groups in total. The van der Waals surface area contributed by atoms with Crippen LogP contribution in [0.3, 0.4) is 0 Å².